The van der Waals surface area contributed by atoms with Crippen molar-refractivity contribution in [3.63, 3.8) is 0 Å². The summed E-state index contributed by atoms with van der Waals surface area (Å²) in [4.78, 5) is 24.1. The number of epoxide rings is 1. The molecule has 0 aromatic carbocycles. The molecule has 0 aromatic heterocycles. The number of alkyl halides is 2. The zero-order valence-corrected chi connectivity index (χ0v) is 17.5. The van der Waals surface area contributed by atoms with Gasteiger partial charge in [-0.15, -0.1) is 0 Å². The second-order valence-corrected chi connectivity index (χ2v) is 10.2. The molecule has 0 aromatic rings. The SMILES string of the molecule is C[C@]12C=CC(=O)C=C1CC[C@H]1[C@@H]3C[C@@]4(CBr)O[C@@]4(C(=O)O)[C@@]3(C)C[C@H](O)[C@@]12F. The van der Waals surface area contributed by atoms with Crippen LogP contribution < -0.4 is 0 Å². The second-order valence-electron chi connectivity index (χ2n) is 9.69. The van der Waals surface area contributed by atoms with Gasteiger partial charge in [0.2, 0.25) is 5.60 Å². The van der Waals surface area contributed by atoms with Crippen molar-refractivity contribution in [3.05, 3.63) is 23.8 Å². The van der Waals surface area contributed by atoms with E-state index in [0.717, 1.165) is 5.57 Å². The lowest BCUT2D eigenvalue weighted by molar-refractivity contribution is -0.210. The van der Waals surface area contributed by atoms with E-state index in [1.165, 1.54) is 12.2 Å². The molecule has 0 unspecified atom stereocenters. The topological polar surface area (TPSA) is 87.1 Å². The number of hydrogen-bond acceptors (Lipinski definition) is 4. The fraction of sp³-hybridized carbons (Fsp3) is 0.714. The smallest absolute Gasteiger partial charge is 0.339 e. The molecule has 0 amide bonds. The maximum atomic E-state index is 16.9. The van der Waals surface area contributed by atoms with Crippen molar-refractivity contribution in [1.82, 2.24) is 0 Å². The van der Waals surface area contributed by atoms with Crippen LogP contribution in [0.1, 0.15) is 39.5 Å². The van der Waals surface area contributed by atoms with Crippen LogP contribution in [0.25, 0.3) is 0 Å². The molecule has 0 radical (unpaired) electrons. The van der Waals surface area contributed by atoms with Crippen LogP contribution in [0.3, 0.4) is 0 Å². The van der Waals surface area contributed by atoms with Crippen LogP contribution in [0, 0.1) is 22.7 Å². The molecule has 4 aliphatic carbocycles. The standard InChI is InChI=1S/C21H24BrFO5/c1-17-6-5-12(24)7-11(17)3-4-13-14-8-19(10-22)21(28-19,16(26)27)18(14,2)9-15(25)20(13,17)23/h5-7,13-15,25H,3-4,8-10H2,1-2H3,(H,26,27)/t13-,14-,15-,17-,18-,19-,20-,21-/m0/s1. The summed E-state index contributed by atoms with van der Waals surface area (Å²) in [6, 6.07) is 0. The molecule has 1 heterocycles. The zero-order chi connectivity index (χ0) is 20.3. The molecule has 7 heteroatoms. The summed E-state index contributed by atoms with van der Waals surface area (Å²) in [6.07, 6.45) is 4.72. The maximum Gasteiger partial charge on any atom is 0.339 e. The van der Waals surface area contributed by atoms with E-state index in [1.807, 2.05) is 6.92 Å². The summed E-state index contributed by atoms with van der Waals surface area (Å²) in [5.41, 5.74) is -5.36. The summed E-state index contributed by atoms with van der Waals surface area (Å²) in [5, 5.41) is 21.6. The molecule has 8 atom stereocenters. The Morgan fingerprint density at radius 2 is 2.07 bits per heavy atom. The van der Waals surface area contributed by atoms with Gasteiger partial charge in [0.15, 0.2) is 11.5 Å². The number of ether oxygens (including phenoxy) is 1. The Labute approximate surface area is 171 Å². The van der Waals surface area contributed by atoms with E-state index in [1.54, 1.807) is 13.0 Å². The van der Waals surface area contributed by atoms with Crippen LogP contribution in [-0.4, -0.2) is 50.3 Å². The lowest BCUT2D eigenvalue weighted by Crippen LogP contribution is -2.68. The molecular formula is C21H24BrFO5. The third-order valence-corrected chi connectivity index (χ3v) is 9.76. The number of ketones is 1. The van der Waals surface area contributed by atoms with E-state index in [0.29, 0.717) is 24.6 Å². The zero-order valence-electron chi connectivity index (χ0n) is 15.9. The molecule has 1 saturated heterocycles. The van der Waals surface area contributed by atoms with Gasteiger partial charge in [-0.05, 0) is 50.7 Å². The Bertz CT molecular complexity index is 871. The third kappa shape index (κ3) is 1.69. The Morgan fingerprint density at radius 1 is 1.36 bits per heavy atom. The number of carbonyl (C=O) groups excluding carboxylic acids is 1. The number of carboxylic acids is 1. The molecular weight excluding hydrogens is 431 g/mol. The minimum absolute atomic E-state index is 0.0242. The molecule has 0 bridgehead atoms. The fourth-order valence-corrected chi connectivity index (χ4v) is 8.18. The number of halogens is 2. The monoisotopic (exact) mass is 454 g/mol. The normalized spacial score (nSPS) is 56.2. The third-order valence-electron chi connectivity index (χ3n) is 8.85. The first-order valence-corrected chi connectivity index (χ1v) is 11.0. The average molecular weight is 455 g/mol. The van der Waals surface area contributed by atoms with E-state index in [2.05, 4.69) is 15.9 Å². The van der Waals surface area contributed by atoms with Gasteiger partial charge in [-0.3, -0.25) is 4.79 Å². The van der Waals surface area contributed by atoms with Crippen molar-refractivity contribution in [2.75, 3.05) is 5.33 Å². The van der Waals surface area contributed by atoms with Gasteiger partial charge in [0, 0.05) is 22.1 Å². The van der Waals surface area contributed by atoms with E-state index >= 15 is 4.39 Å². The molecule has 0 spiro atoms. The van der Waals surface area contributed by atoms with Gasteiger partial charge in [-0.1, -0.05) is 34.5 Å². The molecule has 5 rings (SSSR count). The van der Waals surface area contributed by atoms with Crippen molar-refractivity contribution < 1.29 is 28.9 Å². The van der Waals surface area contributed by atoms with E-state index < -0.39 is 45.7 Å². The predicted octanol–water partition coefficient (Wildman–Crippen LogP) is 2.95. The Hall–Kier alpha value is -1.05. The van der Waals surface area contributed by atoms with Crippen LogP contribution in [0.15, 0.2) is 23.8 Å². The van der Waals surface area contributed by atoms with Gasteiger partial charge in [-0.25, -0.2) is 9.18 Å². The number of aliphatic carboxylic acids is 1. The number of allylic oxidation sites excluding steroid dienone is 4. The van der Waals surface area contributed by atoms with Gasteiger partial charge in [0.25, 0.3) is 0 Å². The van der Waals surface area contributed by atoms with Crippen LogP contribution >= 0.6 is 15.9 Å². The van der Waals surface area contributed by atoms with Crippen molar-refractivity contribution in [1.29, 1.82) is 0 Å². The fourth-order valence-electron chi connectivity index (χ4n) is 7.45. The quantitative estimate of drug-likeness (QED) is 0.494. The largest absolute Gasteiger partial charge is 0.479 e. The van der Waals surface area contributed by atoms with Gasteiger partial charge >= 0.3 is 5.97 Å². The van der Waals surface area contributed by atoms with Crippen molar-refractivity contribution in [2.45, 2.75) is 62.5 Å². The molecule has 28 heavy (non-hydrogen) atoms. The lowest BCUT2D eigenvalue weighted by atomic mass is 9.45. The van der Waals surface area contributed by atoms with Gasteiger partial charge in [-0.2, -0.15) is 0 Å². The molecule has 152 valence electrons. The predicted molar refractivity (Wildman–Crippen MR) is 102 cm³/mol. The highest BCUT2D eigenvalue weighted by Gasteiger charge is 2.90. The first-order chi connectivity index (χ1) is 13.0. The highest BCUT2D eigenvalue weighted by Crippen LogP contribution is 2.78. The Kier molecular flexibility index (Phi) is 3.49. The Morgan fingerprint density at radius 3 is 2.71 bits per heavy atom. The minimum Gasteiger partial charge on any atom is -0.479 e. The van der Waals surface area contributed by atoms with Crippen molar-refractivity contribution in [3.8, 4) is 0 Å². The minimum atomic E-state index is -1.94. The number of aliphatic hydroxyl groups excluding tert-OH is 1. The van der Waals surface area contributed by atoms with E-state index in [4.69, 9.17) is 4.74 Å². The average Bonchev–Trinajstić information content (AvgIpc) is 3.27. The summed E-state index contributed by atoms with van der Waals surface area (Å²) >= 11 is 3.42. The molecule has 2 N–H and O–H groups in total. The van der Waals surface area contributed by atoms with Gasteiger partial charge in [0.1, 0.15) is 5.60 Å². The molecule has 4 fully saturated rings. The second kappa shape index (κ2) is 5.16. The molecule has 5 nitrogen and oxygen atoms in total. The van der Waals surface area contributed by atoms with Gasteiger partial charge in [0.05, 0.1) is 6.10 Å². The van der Waals surface area contributed by atoms with Crippen LogP contribution in [0.2, 0.25) is 0 Å². The number of aliphatic hydroxyl groups is 1. The highest BCUT2D eigenvalue weighted by molar-refractivity contribution is 9.09. The van der Waals surface area contributed by atoms with Crippen molar-refractivity contribution in [2.24, 2.45) is 22.7 Å². The summed E-state index contributed by atoms with van der Waals surface area (Å²) in [5.74, 6) is -1.89. The number of carboxylic acid groups (broad SMARTS) is 1. The summed E-state index contributed by atoms with van der Waals surface area (Å²) in [7, 11) is 0. The van der Waals surface area contributed by atoms with E-state index in [-0.39, 0.29) is 18.1 Å². The molecule has 3 saturated carbocycles. The number of fused-ring (bicyclic) bond motifs is 7. The lowest BCUT2D eigenvalue weighted by Gasteiger charge is -2.62. The summed E-state index contributed by atoms with van der Waals surface area (Å²) < 4.78 is 22.8. The van der Waals surface area contributed by atoms with Crippen molar-refractivity contribution >= 4 is 27.7 Å². The molecule has 5 aliphatic rings. The number of rotatable bonds is 2. The number of hydrogen-bond donors (Lipinski definition) is 2. The van der Waals surface area contributed by atoms with Gasteiger partial charge < -0.3 is 14.9 Å². The maximum absolute atomic E-state index is 16.9. The Balaban J connectivity index is 1.64. The van der Waals surface area contributed by atoms with Crippen LogP contribution in [0.5, 0.6) is 0 Å². The highest BCUT2D eigenvalue weighted by atomic mass is 79.9. The first-order valence-electron chi connectivity index (χ1n) is 9.83. The first kappa shape index (κ1) is 18.9. The molecule has 1 aliphatic heterocycles. The number of carbonyl (C=O) groups is 2. The van der Waals surface area contributed by atoms with Crippen LogP contribution in [-0.2, 0) is 14.3 Å². The van der Waals surface area contributed by atoms with E-state index in [9.17, 15) is 19.8 Å². The summed E-state index contributed by atoms with van der Waals surface area (Å²) in [6.45, 7) is 3.61. The van der Waals surface area contributed by atoms with Crippen LogP contribution in [0.4, 0.5) is 4.39 Å².